The second-order valence-corrected chi connectivity index (χ2v) is 28.3. The van der Waals surface area contributed by atoms with Gasteiger partial charge in [-0.3, -0.25) is 47.9 Å². The van der Waals surface area contributed by atoms with Gasteiger partial charge in [0.2, 0.25) is 5.91 Å². The fourth-order valence-corrected chi connectivity index (χ4v) is 16.8. The average Bonchev–Trinajstić information content (AvgIpc) is 1.36. The summed E-state index contributed by atoms with van der Waals surface area (Å²) in [7, 11) is 0.906. The molecule has 552 valence electrons. The lowest BCUT2D eigenvalue weighted by Crippen LogP contribution is -2.70. The molecule has 1 amide bonds. The van der Waals surface area contributed by atoms with E-state index in [1.54, 1.807) is 0 Å². The first-order valence-corrected chi connectivity index (χ1v) is 34.1. The molecule has 3 heterocycles. The fraction of sp³-hybridized carbons (Fsp3) is 0.812. The molecule has 0 spiro atoms. The molecule has 24 atom stereocenters. The second kappa shape index (κ2) is 33.9. The molecule has 0 aromatic carbocycles. The first-order chi connectivity index (χ1) is 46.0. The van der Waals surface area contributed by atoms with Crippen LogP contribution in [0.25, 0.3) is 0 Å². The highest BCUT2D eigenvalue weighted by molar-refractivity contribution is 5.79. The molecule has 29 nitrogen and oxygen atoms in total. The molecule has 3 aliphatic heterocycles. The monoisotopic (exact) mass is 1390 g/mol. The van der Waals surface area contributed by atoms with Gasteiger partial charge in [0.15, 0.2) is 49.2 Å². The lowest BCUT2D eigenvalue weighted by molar-refractivity contribution is -0.371. The number of amides is 1. The number of aliphatic hydroxyl groups is 1. The molecule has 1 unspecified atom stereocenters. The van der Waals surface area contributed by atoms with E-state index >= 15 is 0 Å². The Bertz CT molecular complexity index is 2920. The number of hydrogen-bond acceptors (Lipinski definition) is 28. The molecule has 0 radical (unpaired) electrons. The number of fused-ring (bicyclic) bond motifs is 5. The number of allylic oxidation sites excluding steroid dienone is 1. The fourth-order valence-electron chi connectivity index (χ4n) is 16.8. The summed E-state index contributed by atoms with van der Waals surface area (Å²) in [4.78, 5) is 144. The van der Waals surface area contributed by atoms with E-state index in [-0.39, 0.29) is 10.8 Å². The first-order valence-electron chi connectivity index (χ1n) is 34.1. The standard InChI is InChI=1S/C69H103NO28/c1-33(2)18-17-19-34(3)48-22-23-49-47-21-20-45-28-46(24-26-67(45,14)50(47)25-27-68(48,49)15)94-64-63(93-44(13)80)61(91-42(11)78)58(54(96-64)31-85-37(6)73)97-65-62(92-43(12)79)60(90-41(10)77)56(81)52(95-65)32-86-69(66(82)83-16)29-51(87-38(7)74)55(70-35(4)71)59(98-69)57(89-40(9)76)53(88-39(8)75)30-84-36(5)72/h20,33-34,46-65,81H,17-19,21-32H2,1-16H3,(H,70,71)/t34-,46+,47+,48-,49+,50+,51+,52-,53?,54-,55-,56+,57+,58-,59-,60+,61+,62-,63-,64-,65+,67+,68-,69-/m1/s1. The van der Waals surface area contributed by atoms with E-state index in [4.69, 9.17) is 75.8 Å². The molecule has 0 aromatic heterocycles. The van der Waals surface area contributed by atoms with Crippen LogP contribution in [0.3, 0.4) is 0 Å². The third-order valence-electron chi connectivity index (χ3n) is 20.7. The topological polar surface area (TPSA) is 368 Å². The molecule has 0 bridgehead atoms. The first kappa shape index (κ1) is 79.0. The van der Waals surface area contributed by atoms with Gasteiger partial charge in [-0.2, -0.15) is 0 Å². The van der Waals surface area contributed by atoms with Crippen LogP contribution in [0.2, 0.25) is 0 Å². The van der Waals surface area contributed by atoms with E-state index in [0.717, 1.165) is 95.6 Å². The summed E-state index contributed by atoms with van der Waals surface area (Å²) in [5, 5.41) is 14.8. The van der Waals surface area contributed by atoms with Gasteiger partial charge in [0, 0.05) is 69.2 Å². The number of hydrogen-bond donors (Lipinski definition) is 2. The normalized spacial score (nSPS) is 35.9. The van der Waals surface area contributed by atoms with Gasteiger partial charge in [0.25, 0.3) is 5.79 Å². The summed E-state index contributed by atoms with van der Waals surface area (Å²) < 4.78 is 95.4. The Morgan fingerprint density at radius 1 is 0.622 bits per heavy atom. The van der Waals surface area contributed by atoms with Crippen molar-refractivity contribution in [3.8, 4) is 0 Å². The molecule has 29 heteroatoms. The van der Waals surface area contributed by atoms with Crippen molar-refractivity contribution in [2.24, 2.45) is 46.3 Å². The quantitative estimate of drug-likeness (QED) is 0.0587. The Kier molecular flexibility index (Phi) is 27.3. The lowest BCUT2D eigenvalue weighted by atomic mass is 9.47. The maximum Gasteiger partial charge on any atom is 0.366 e. The number of rotatable bonds is 27. The Hall–Kier alpha value is -6.37. The smallest absolute Gasteiger partial charge is 0.366 e. The van der Waals surface area contributed by atoms with Crippen molar-refractivity contribution in [2.45, 2.75) is 285 Å². The minimum atomic E-state index is -2.90. The largest absolute Gasteiger partial charge is 0.465 e. The summed E-state index contributed by atoms with van der Waals surface area (Å²) in [5.74, 6) is -10.0. The molecule has 6 fully saturated rings. The molecule has 2 N–H and O–H groups in total. The maximum atomic E-state index is 14.5. The zero-order chi connectivity index (χ0) is 72.5. The Morgan fingerprint density at radius 2 is 1.21 bits per heavy atom. The lowest BCUT2D eigenvalue weighted by Gasteiger charge is -2.58. The summed E-state index contributed by atoms with van der Waals surface area (Å²) in [6.45, 7) is 19.7. The van der Waals surface area contributed by atoms with Gasteiger partial charge < -0.3 is 86.2 Å². The van der Waals surface area contributed by atoms with Crippen LogP contribution in [0.1, 0.15) is 181 Å². The van der Waals surface area contributed by atoms with Gasteiger partial charge >= 0.3 is 59.7 Å². The number of ether oxygens (including phenoxy) is 16. The number of esters is 10. The Balaban J connectivity index is 1.23. The predicted molar refractivity (Wildman–Crippen MR) is 336 cm³/mol. The average molecular weight is 1390 g/mol. The molecule has 7 aliphatic rings. The summed E-state index contributed by atoms with van der Waals surface area (Å²) in [6, 6.07) is -1.61. The molecule has 7 rings (SSSR count). The van der Waals surface area contributed by atoms with Crippen molar-refractivity contribution in [2.75, 3.05) is 26.9 Å². The zero-order valence-electron chi connectivity index (χ0n) is 59.4. The van der Waals surface area contributed by atoms with Crippen molar-refractivity contribution in [3.63, 3.8) is 0 Å². The number of carbonyl (C=O) groups is 11. The van der Waals surface area contributed by atoms with Crippen LogP contribution in [0.4, 0.5) is 0 Å². The van der Waals surface area contributed by atoms with Crippen molar-refractivity contribution in [3.05, 3.63) is 11.6 Å². The van der Waals surface area contributed by atoms with Gasteiger partial charge in [-0.25, -0.2) is 4.79 Å². The number of aliphatic hydroxyl groups excluding tert-OH is 1. The van der Waals surface area contributed by atoms with Crippen LogP contribution in [0.5, 0.6) is 0 Å². The third-order valence-corrected chi connectivity index (χ3v) is 20.7. The highest BCUT2D eigenvalue weighted by Crippen LogP contribution is 2.67. The molecule has 0 aromatic rings. The van der Waals surface area contributed by atoms with Crippen molar-refractivity contribution < 1.29 is 134 Å². The van der Waals surface area contributed by atoms with E-state index in [2.05, 4.69) is 46.0 Å². The van der Waals surface area contributed by atoms with E-state index in [0.29, 0.717) is 48.3 Å². The third kappa shape index (κ3) is 19.2. The van der Waals surface area contributed by atoms with Crippen LogP contribution >= 0.6 is 0 Å². The molecular formula is C69H103NO28. The molecule has 98 heavy (non-hydrogen) atoms. The molecule has 4 aliphatic carbocycles. The van der Waals surface area contributed by atoms with Crippen molar-refractivity contribution in [1.29, 1.82) is 0 Å². The highest BCUT2D eigenvalue weighted by atomic mass is 16.8. The number of carbonyl (C=O) groups excluding carboxylic acids is 11. The summed E-state index contributed by atoms with van der Waals surface area (Å²) >= 11 is 0. The van der Waals surface area contributed by atoms with Gasteiger partial charge in [-0.15, -0.1) is 0 Å². The van der Waals surface area contributed by atoms with Crippen LogP contribution in [0.15, 0.2) is 11.6 Å². The van der Waals surface area contributed by atoms with Crippen molar-refractivity contribution >= 4 is 65.6 Å². The van der Waals surface area contributed by atoms with Crippen molar-refractivity contribution in [1.82, 2.24) is 5.32 Å². The predicted octanol–water partition coefficient (Wildman–Crippen LogP) is 5.44. The van der Waals surface area contributed by atoms with Gasteiger partial charge in [0.1, 0.15) is 49.8 Å². The van der Waals surface area contributed by atoms with Gasteiger partial charge in [-0.05, 0) is 97.7 Å². The summed E-state index contributed by atoms with van der Waals surface area (Å²) in [6.07, 6.45) is -13.4. The van der Waals surface area contributed by atoms with Crippen LogP contribution in [-0.4, -0.2) is 201 Å². The Labute approximate surface area is 572 Å². The minimum Gasteiger partial charge on any atom is -0.465 e. The number of nitrogens with one attached hydrogen (secondary N) is 1. The molecular weight excluding hydrogens is 1290 g/mol. The minimum absolute atomic E-state index is 0.115. The van der Waals surface area contributed by atoms with Gasteiger partial charge in [-0.1, -0.05) is 65.5 Å². The van der Waals surface area contributed by atoms with E-state index in [9.17, 15) is 57.8 Å². The Morgan fingerprint density at radius 3 is 1.80 bits per heavy atom. The molecule has 3 saturated heterocycles. The van der Waals surface area contributed by atoms with Gasteiger partial charge in [0.05, 0.1) is 32.3 Å². The van der Waals surface area contributed by atoms with E-state index < -0.39 is 196 Å². The van der Waals surface area contributed by atoms with Crippen LogP contribution < -0.4 is 5.32 Å². The summed E-state index contributed by atoms with van der Waals surface area (Å²) in [5.41, 5.74) is 1.43. The highest BCUT2D eigenvalue weighted by Gasteiger charge is 2.63. The van der Waals surface area contributed by atoms with Crippen LogP contribution in [0, 0.1) is 46.3 Å². The van der Waals surface area contributed by atoms with E-state index in [1.807, 2.05) is 0 Å². The zero-order valence-corrected chi connectivity index (χ0v) is 59.4. The second-order valence-electron chi connectivity index (χ2n) is 28.3. The molecule has 3 saturated carbocycles. The number of methoxy groups -OCH3 is 1. The van der Waals surface area contributed by atoms with Crippen LogP contribution in [-0.2, 0) is 129 Å². The van der Waals surface area contributed by atoms with E-state index in [1.165, 1.54) is 44.1 Å². The SMILES string of the molecule is COC(=O)[C@@]1(OC[C@H]2O[C@@H](O[C@H]3[C@H](OC(C)=O)[C@@H](OC(C)=O)[C@H](O[C@H]4CC[C@@]5(C)C(=CC[C@H]6[C@@H]7CC[C@H]([C@H](C)CCCC(C)C)[C@@]7(C)CC[C@@H]65)C4)O[C@@H]3COC(C)=O)[C@H](OC(C)=O)[C@@H](OC(C)=O)[C@H]2O)C[C@H](OC(C)=O)[C@@H](NC(C)=O)[C@H]([C@@H](OC(C)=O)C(COC(C)=O)OC(C)=O)O1. The maximum absolute atomic E-state index is 14.5.